The molecule has 1 fully saturated rings. The lowest BCUT2D eigenvalue weighted by molar-refractivity contribution is 0.527. The van der Waals surface area contributed by atoms with Crippen LogP contribution in [0.25, 0.3) is 0 Å². The minimum atomic E-state index is 1.26. The summed E-state index contributed by atoms with van der Waals surface area (Å²) < 4.78 is 2.43. The van der Waals surface area contributed by atoms with E-state index in [1.807, 2.05) is 21.8 Å². The summed E-state index contributed by atoms with van der Waals surface area (Å²) in [6.45, 7) is 2.52. The summed E-state index contributed by atoms with van der Waals surface area (Å²) in [7, 11) is 3.73. The van der Waals surface area contributed by atoms with Gasteiger partial charge in [0.05, 0.1) is 0 Å². The molecule has 0 N–H and O–H groups in total. The molecule has 0 saturated carbocycles. The molecule has 1 aliphatic heterocycles. The van der Waals surface area contributed by atoms with Crippen molar-refractivity contribution in [1.82, 2.24) is 4.31 Å². The number of thioether (sulfide) groups is 1. The van der Waals surface area contributed by atoms with Crippen LogP contribution >= 0.6 is 33.5 Å². The quantitative estimate of drug-likeness (QED) is 0.473. The van der Waals surface area contributed by atoms with Crippen molar-refractivity contribution in [2.45, 2.75) is 0 Å². The van der Waals surface area contributed by atoms with Crippen LogP contribution in [-0.2, 0) is 0 Å². The number of hydrogen-bond donors (Lipinski definition) is 0. The maximum absolute atomic E-state index is 2.43. The molecule has 0 atom stereocenters. The highest BCUT2D eigenvalue weighted by Crippen LogP contribution is 2.25. The van der Waals surface area contributed by atoms with E-state index >= 15 is 0 Å². The molecule has 0 amide bonds. The van der Waals surface area contributed by atoms with Gasteiger partial charge in [0.2, 0.25) is 0 Å². The molecular formula is C5H11NS3. The first-order chi connectivity index (χ1) is 4.43. The highest BCUT2D eigenvalue weighted by atomic mass is 33.1. The molecule has 54 valence electrons. The van der Waals surface area contributed by atoms with Crippen LogP contribution < -0.4 is 0 Å². The predicted molar refractivity (Wildman–Crippen MR) is 50.0 cm³/mol. The van der Waals surface area contributed by atoms with Crippen LogP contribution in [0.4, 0.5) is 0 Å². The van der Waals surface area contributed by atoms with Gasteiger partial charge in [-0.1, -0.05) is 10.8 Å². The minimum absolute atomic E-state index is 1.26. The summed E-state index contributed by atoms with van der Waals surface area (Å²) in [6.07, 6.45) is 2.13. The van der Waals surface area contributed by atoms with E-state index in [4.69, 9.17) is 0 Å². The highest BCUT2D eigenvalue weighted by molar-refractivity contribution is 8.75. The van der Waals surface area contributed by atoms with Crippen LogP contribution in [0.2, 0.25) is 0 Å². The van der Waals surface area contributed by atoms with Gasteiger partial charge in [-0.25, -0.2) is 4.31 Å². The average Bonchev–Trinajstić information content (AvgIpc) is 1.91. The molecule has 1 heterocycles. The number of hydrogen-bond acceptors (Lipinski definition) is 4. The third kappa shape index (κ3) is 3.07. The summed E-state index contributed by atoms with van der Waals surface area (Å²) in [6, 6.07) is 0. The molecule has 1 aliphatic rings. The van der Waals surface area contributed by atoms with E-state index in [0.29, 0.717) is 0 Å². The molecule has 1 rings (SSSR count). The Labute approximate surface area is 68.9 Å². The molecule has 9 heavy (non-hydrogen) atoms. The largest absolute Gasteiger partial charge is 0.240 e. The Morgan fingerprint density at radius 3 is 2.56 bits per heavy atom. The molecule has 0 radical (unpaired) electrons. The van der Waals surface area contributed by atoms with Gasteiger partial charge >= 0.3 is 0 Å². The SMILES string of the molecule is CSSN1CCSCC1. The molecule has 0 aromatic heterocycles. The van der Waals surface area contributed by atoms with Crippen LogP contribution in [0.1, 0.15) is 0 Å². The zero-order valence-electron chi connectivity index (χ0n) is 5.50. The van der Waals surface area contributed by atoms with E-state index in [-0.39, 0.29) is 0 Å². The Kier molecular flexibility index (Phi) is 4.30. The molecule has 0 aromatic rings. The van der Waals surface area contributed by atoms with E-state index in [1.165, 1.54) is 24.6 Å². The van der Waals surface area contributed by atoms with E-state index in [2.05, 4.69) is 22.3 Å². The fraction of sp³-hybridized carbons (Fsp3) is 1.00. The standard InChI is InChI=1S/C5H11NS3/c1-7-9-6-2-4-8-5-3-6/h2-5H2,1H3. The topological polar surface area (TPSA) is 3.24 Å². The van der Waals surface area contributed by atoms with Gasteiger partial charge in [0.1, 0.15) is 0 Å². The van der Waals surface area contributed by atoms with Crippen molar-refractivity contribution in [2.75, 3.05) is 30.9 Å². The summed E-state index contributed by atoms with van der Waals surface area (Å²) in [5.74, 6) is 2.63. The zero-order valence-corrected chi connectivity index (χ0v) is 7.95. The maximum atomic E-state index is 2.43. The van der Waals surface area contributed by atoms with E-state index in [1.54, 1.807) is 0 Å². The smallest absolute Gasteiger partial charge is 0.0189 e. The predicted octanol–water partition coefficient (Wildman–Crippen LogP) is 1.96. The Balaban J connectivity index is 2.08. The lowest BCUT2D eigenvalue weighted by Gasteiger charge is -2.23. The Hall–Kier alpha value is 1.01. The van der Waals surface area contributed by atoms with Gasteiger partial charge in [-0.2, -0.15) is 11.8 Å². The number of rotatable bonds is 2. The van der Waals surface area contributed by atoms with Crippen molar-refractivity contribution < 1.29 is 0 Å². The second kappa shape index (κ2) is 4.77. The minimum Gasteiger partial charge on any atom is -0.240 e. The first-order valence-electron chi connectivity index (χ1n) is 2.97. The first kappa shape index (κ1) is 8.11. The van der Waals surface area contributed by atoms with Crippen molar-refractivity contribution in [3.8, 4) is 0 Å². The van der Waals surface area contributed by atoms with Gasteiger partial charge in [0.15, 0.2) is 0 Å². The van der Waals surface area contributed by atoms with Crippen LogP contribution in [0.5, 0.6) is 0 Å². The van der Waals surface area contributed by atoms with Crippen LogP contribution in [-0.4, -0.2) is 35.2 Å². The highest BCUT2D eigenvalue weighted by Gasteiger charge is 2.08. The fourth-order valence-corrected chi connectivity index (χ4v) is 3.48. The molecule has 0 aliphatic carbocycles. The molecule has 1 saturated heterocycles. The van der Waals surface area contributed by atoms with Crippen molar-refractivity contribution in [3.05, 3.63) is 0 Å². The third-order valence-electron chi connectivity index (χ3n) is 1.15. The van der Waals surface area contributed by atoms with Gasteiger partial charge in [0, 0.05) is 24.6 Å². The van der Waals surface area contributed by atoms with Gasteiger partial charge in [-0.3, -0.25) is 0 Å². The molecular weight excluding hydrogens is 170 g/mol. The number of nitrogens with zero attached hydrogens (tertiary/aromatic N) is 1. The van der Waals surface area contributed by atoms with Crippen molar-refractivity contribution in [3.63, 3.8) is 0 Å². The van der Waals surface area contributed by atoms with Crippen molar-refractivity contribution >= 4 is 33.5 Å². The molecule has 0 bridgehead atoms. The summed E-state index contributed by atoms with van der Waals surface area (Å²) in [4.78, 5) is 0. The van der Waals surface area contributed by atoms with Crippen LogP contribution in [0, 0.1) is 0 Å². The van der Waals surface area contributed by atoms with E-state index < -0.39 is 0 Å². The summed E-state index contributed by atoms with van der Waals surface area (Å²) in [5.41, 5.74) is 0. The van der Waals surface area contributed by atoms with E-state index in [0.717, 1.165) is 0 Å². The van der Waals surface area contributed by atoms with Crippen molar-refractivity contribution in [1.29, 1.82) is 0 Å². The molecule has 1 nitrogen and oxygen atoms in total. The van der Waals surface area contributed by atoms with E-state index in [9.17, 15) is 0 Å². The van der Waals surface area contributed by atoms with Crippen molar-refractivity contribution in [2.24, 2.45) is 0 Å². The lowest BCUT2D eigenvalue weighted by atomic mass is 10.6. The average molecular weight is 181 g/mol. The molecule has 4 heteroatoms. The molecule has 0 aromatic carbocycles. The van der Waals surface area contributed by atoms with Crippen LogP contribution in [0.15, 0.2) is 0 Å². The monoisotopic (exact) mass is 181 g/mol. The summed E-state index contributed by atoms with van der Waals surface area (Å²) in [5, 5.41) is 0. The second-order valence-corrected chi connectivity index (χ2v) is 5.45. The Bertz CT molecular complexity index is 69.8. The normalized spacial score (nSPS) is 22.3. The van der Waals surface area contributed by atoms with Gasteiger partial charge in [-0.05, 0) is 17.2 Å². The second-order valence-electron chi connectivity index (χ2n) is 1.78. The zero-order chi connectivity index (χ0) is 6.53. The molecule has 0 spiro atoms. The maximum Gasteiger partial charge on any atom is 0.0189 e. The Morgan fingerprint density at radius 2 is 2.00 bits per heavy atom. The first-order valence-corrected chi connectivity index (χ1v) is 6.64. The van der Waals surface area contributed by atoms with Gasteiger partial charge in [-0.15, -0.1) is 0 Å². The Morgan fingerprint density at radius 1 is 1.33 bits per heavy atom. The lowest BCUT2D eigenvalue weighted by Crippen LogP contribution is -2.25. The van der Waals surface area contributed by atoms with Gasteiger partial charge in [0.25, 0.3) is 0 Å². The summed E-state index contributed by atoms with van der Waals surface area (Å²) >= 11 is 2.06. The third-order valence-corrected chi connectivity index (χ3v) is 3.90. The van der Waals surface area contributed by atoms with Gasteiger partial charge < -0.3 is 0 Å². The van der Waals surface area contributed by atoms with Crippen LogP contribution in [0.3, 0.4) is 0 Å². The fourth-order valence-electron chi connectivity index (χ4n) is 0.727. The molecule has 0 unspecified atom stereocenters.